The van der Waals surface area contributed by atoms with Crippen molar-refractivity contribution < 1.29 is 14.7 Å². The van der Waals surface area contributed by atoms with Crippen LogP contribution in [0.25, 0.3) is 0 Å². The lowest BCUT2D eigenvalue weighted by atomic mass is 10.1. The first-order valence-corrected chi connectivity index (χ1v) is 6.32. The van der Waals surface area contributed by atoms with Crippen LogP contribution in [0.3, 0.4) is 0 Å². The van der Waals surface area contributed by atoms with E-state index in [9.17, 15) is 9.59 Å². The Hall–Kier alpha value is -1.75. The quantitative estimate of drug-likeness (QED) is 0.839. The third-order valence-electron chi connectivity index (χ3n) is 2.64. The summed E-state index contributed by atoms with van der Waals surface area (Å²) >= 11 is 6.00. The molecular weight excluding hydrogens is 268 g/mol. The fraction of sp³-hybridized carbons (Fsp3) is 0.385. The van der Waals surface area contributed by atoms with Gasteiger partial charge in [0.05, 0.1) is 6.42 Å². The van der Waals surface area contributed by atoms with Gasteiger partial charge in [0.15, 0.2) is 0 Å². The third-order valence-corrected chi connectivity index (χ3v) is 3.00. The van der Waals surface area contributed by atoms with Gasteiger partial charge >= 0.3 is 12.0 Å². The Bertz CT molecular complexity index is 451. The summed E-state index contributed by atoms with van der Waals surface area (Å²) in [5, 5.41) is 11.9. The number of rotatable bonds is 6. The van der Waals surface area contributed by atoms with E-state index in [1.54, 1.807) is 13.1 Å². The van der Waals surface area contributed by atoms with Crippen LogP contribution in [0.15, 0.2) is 24.3 Å². The summed E-state index contributed by atoms with van der Waals surface area (Å²) in [5.74, 6) is -0.921. The first-order valence-electron chi connectivity index (χ1n) is 5.95. The number of carboxylic acid groups (broad SMARTS) is 1. The zero-order chi connectivity index (χ0) is 14.3. The summed E-state index contributed by atoms with van der Waals surface area (Å²) in [7, 11) is 1.56. The molecule has 0 atom stereocenters. The highest BCUT2D eigenvalue weighted by Crippen LogP contribution is 2.14. The highest BCUT2D eigenvalue weighted by Gasteiger charge is 2.09. The Morgan fingerprint density at radius 1 is 1.37 bits per heavy atom. The maximum atomic E-state index is 11.6. The number of benzene rings is 1. The SMILES string of the molecule is CN(CCC(=O)O)C(=O)NCCc1ccccc1Cl. The Kier molecular flexibility index (Phi) is 6.15. The largest absolute Gasteiger partial charge is 0.481 e. The molecule has 0 aliphatic carbocycles. The number of carbonyl (C=O) groups excluding carboxylic acids is 1. The highest BCUT2D eigenvalue weighted by molar-refractivity contribution is 6.31. The number of aliphatic carboxylic acids is 1. The maximum Gasteiger partial charge on any atom is 0.317 e. The number of nitrogens with zero attached hydrogens (tertiary/aromatic N) is 1. The number of halogens is 1. The second-order valence-electron chi connectivity index (χ2n) is 4.14. The molecule has 1 aromatic carbocycles. The van der Waals surface area contributed by atoms with Crippen LogP contribution in [0, 0.1) is 0 Å². The molecule has 0 spiro atoms. The van der Waals surface area contributed by atoms with Gasteiger partial charge in [-0.25, -0.2) is 4.79 Å². The van der Waals surface area contributed by atoms with E-state index in [0.717, 1.165) is 5.56 Å². The van der Waals surface area contributed by atoms with Crippen LogP contribution in [0.1, 0.15) is 12.0 Å². The van der Waals surface area contributed by atoms with Gasteiger partial charge in [0.1, 0.15) is 0 Å². The predicted octanol–water partition coefficient (Wildman–Crippen LogP) is 2.00. The maximum absolute atomic E-state index is 11.6. The normalized spacial score (nSPS) is 10.0. The fourth-order valence-corrected chi connectivity index (χ4v) is 1.74. The van der Waals surface area contributed by atoms with E-state index < -0.39 is 5.97 Å². The van der Waals surface area contributed by atoms with Crippen LogP contribution < -0.4 is 5.32 Å². The van der Waals surface area contributed by atoms with Gasteiger partial charge in [0, 0.05) is 25.2 Å². The van der Waals surface area contributed by atoms with Crippen LogP contribution >= 0.6 is 11.6 Å². The Morgan fingerprint density at radius 2 is 2.05 bits per heavy atom. The van der Waals surface area contributed by atoms with Gasteiger partial charge in [0.25, 0.3) is 0 Å². The van der Waals surface area contributed by atoms with E-state index >= 15 is 0 Å². The minimum atomic E-state index is -0.921. The molecule has 0 aromatic heterocycles. The lowest BCUT2D eigenvalue weighted by Gasteiger charge is -2.17. The number of hydrogen-bond donors (Lipinski definition) is 2. The van der Waals surface area contributed by atoms with Gasteiger partial charge in [0.2, 0.25) is 0 Å². The molecule has 1 rings (SSSR count). The fourth-order valence-electron chi connectivity index (χ4n) is 1.51. The van der Waals surface area contributed by atoms with Crippen LogP contribution in [0.2, 0.25) is 5.02 Å². The van der Waals surface area contributed by atoms with Gasteiger partial charge in [-0.05, 0) is 18.1 Å². The van der Waals surface area contributed by atoms with Crippen LogP contribution in [-0.4, -0.2) is 42.1 Å². The summed E-state index contributed by atoms with van der Waals surface area (Å²) in [6, 6.07) is 7.17. The molecule has 0 radical (unpaired) electrons. The van der Waals surface area contributed by atoms with Crippen LogP contribution in [0.4, 0.5) is 4.79 Å². The van der Waals surface area contributed by atoms with Crippen molar-refractivity contribution in [3.63, 3.8) is 0 Å². The zero-order valence-corrected chi connectivity index (χ0v) is 11.5. The summed E-state index contributed by atoms with van der Waals surface area (Å²) in [5.41, 5.74) is 0.970. The highest BCUT2D eigenvalue weighted by atomic mass is 35.5. The molecule has 0 unspecified atom stereocenters. The second-order valence-corrected chi connectivity index (χ2v) is 4.55. The molecule has 1 aromatic rings. The summed E-state index contributed by atoms with van der Waals surface area (Å²) in [6.07, 6.45) is 0.576. The summed E-state index contributed by atoms with van der Waals surface area (Å²) in [6.45, 7) is 0.646. The lowest BCUT2D eigenvalue weighted by Crippen LogP contribution is -2.39. The van der Waals surface area contributed by atoms with E-state index in [4.69, 9.17) is 16.7 Å². The molecule has 0 heterocycles. The van der Waals surface area contributed by atoms with Gasteiger partial charge in [-0.1, -0.05) is 29.8 Å². The molecule has 0 saturated carbocycles. The Labute approximate surface area is 117 Å². The van der Waals surface area contributed by atoms with Crippen LogP contribution in [-0.2, 0) is 11.2 Å². The molecular formula is C13H17ClN2O3. The number of nitrogens with one attached hydrogen (secondary N) is 1. The molecule has 104 valence electrons. The third kappa shape index (κ3) is 5.61. The smallest absolute Gasteiger partial charge is 0.317 e. The van der Waals surface area contributed by atoms with Crippen molar-refractivity contribution in [2.45, 2.75) is 12.8 Å². The average Bonchev–Trinajstić information content (AvgIpc) is 2.38. The molecule has 19 heavy (non-hydrogen) atoms. The first-order chi connectivity index (χ1) is 9.00. The molecule has 0 aliphatic rings. The standard InChI is InChI=1S/C13H17ClN2O3/c1-16(9-7-12(17)18)13(19)15-8-6-10-4-2-3-5-11(10)14/h2-5H,6-9H2,1H3,(H,15,19)(H,17,18). The van der Waals surface area contributed by atoms with Crippen molar-refractivity contribution in [2.24, 2.45) is 0 Å². The van der Waals surface area contributed by atoms with E-state index in [1.807, 2.05) is 18.2 Å². The molecule has 0 saturated heterocycles. The number of hydrogen-bond acceptors (Lipinski definition) is 2. The Morgan fingerprint density at radius 3 is 2.68 bits per heavy atom. The Balaban J connectivity index is 2.31. The molecule has 6 heteroatoms. The molecule has 5 nitrogen and oxygen atoms in total. The summed E-state index contributed by atoms with van der Waals surface area (Å²) < 4.78 is 0. The predicted molar refractivity (Wildman–Crippen MR) is 73.4 cm³/mol. The molecule has 2 N–H and O–H groups in total. The van der Waals surface area contributed by atoms with Crippen molar-refractivity contribution in [3.05, 3.63) is 34.9 Å². The molecule has 2 amide bonds. The van der Waals surface area contributed by atoms with E-state index in [0.29, 0.717) is 18.0 Å². The number of carboxylic acids is 1. The van der Waals surface area contributed by atoms with Crippen LogP contribution in [0.5, 0.6) is 0 Å². The van der Waals surface area contributed by atoms with Crippen molar-refractivity contribution >= 4 is 23.6 Å². The van der Waals surface area contributed by atoms with E-state index in [2.05, 4.69) is 5.32 Å². The second kappa shape index (κ2) is 7.63. The number of urea groups is 1. The van der Waals surface area contributed by atoms with E-state index in [-0.39, 0.29) is 19.0 Å². The molecule has 0 fully saturated rings. The minimum absolute atomic E-state index is 0.0611. The lowest BCUT2D eigenvalue weighted by molar-refractivity contribution is -0.137. The van der Waals surface area contributed by atoms with Gasteiger partial charge in [-0.3, -0.25) is 4.79 Å². The minimum Gasteiger partial charge on any atom is -0.481 e. The van der Waals surface area contributed by atoms with Crippen molar-refractivity contribution in [2.75, 3.05) is 20.1 Å². The zero-order valence-electron chi connectivity index (χ0n) is 10.7. The van der Waals surface area contributed by atoms with Crippen molar-refractivity contribution in [1.82, 2.24) is 10.2 Å². The van der Waals surface area contributed by atoms with Gasteiger partial charge in [-0.2, -0.15) is 0 Å². The topological polar surface area (TPSA) is 69.6 Å². The monoisotopic (exact) mass is 284 g/mol. The van der Waals surface area contributed by atoms with Crippen molar-refractivity contribution in [1.29, 1.82) is 0 Å². The summed E-state index contributed by atoms with van der Waals surface area (Å²) in [4.78, 5) is 23.4. The van der Waals surface area contributed by atoms with Gasteiger partial charge in [-0.15, -0.1) is 0 Å². The first kappa shape index (κ1) is 15.3. The van der Waals surface area contributed by atoms with Gasteiger partial charge < -0.3 is 15.3 Å². The number of carbonyl (C=O) groups is 2. The molecule has 0 bridgehead atoms. The average molecular weight is 285 g/mol. The number of amides is 2. The molecule has 0 aliphatic heterocycles. The van der Waals surface area contributed by atoms with E-state index in [1.165, 1.54) is 4.90 Å². The van der Waals surface area contributed by atoms with Crippen molar-refractivity contribution in [3.8, 4) is 0 Å².